The highest BCUT2D eigenvalue weighted by atomic mass is 35.5. The average molecular weight is 265 g/mol. The lowest BCUT2D eigenvalue weighted by Crippen LogP contribution is -2.18. The summed E-state index contributed by atoms with van der Waals surface area (Å²) in [5.41, 5.74) is 1.84. The highest BCUT2D eigenvalue weighted by Gasteiger charge is 2.08. The zero-order valence-corrected chi connectivity index (χ0v) is 10.8. The highest BCUT2D eigenvalue weighted by Crippen LogP contribution is 2.22. The van der Waals surface area contributed by atoms with Gasteiger partial charge in [-0.15, -0.1) is 0 Å². The number of rotatable bonds is 4. The number of halogens is 2. The predicted molar refractivity (Wildman–Crippen MR) is 70.9 cm³/mol. The van der Waals surface area contributed by atoms with Crippen LogP contribution in [-0.4, -0.2) is 4.98 Å². The van der Waals surface area contributed by atoms with Crippen molar-refractivity contribution in [2.75, 3.05) is 0 Å². The average Bonchev–Trinajstić information content (AvgIpc) is 2.37. The van der Waals surface area contributed by atoms with Crippen LogP contribution >= 0.6 is 11.6 Å². The molecule has 0 aliphatic rings. The van der Waals surface area contributed by atoms with Crippen molar-refractivity contribution < 1.29 is 4.39 Å². The Morgan fingerprint density at radius 3 is 2.83 bits per heavy atom. The Kier molecular flexibility index (Phi) is 4.28. The van der Waals surface area contributed by atoms with Gasteiger partial charge in [-0.2, -0.15) is 0 Å². The first kappa shape index (κ1) is 13.0. The molecule has 0 saturated carbocycles. The lowest BCUT2D eigenvalue weighted by Gasteiger charge is -2.15. The van der Waals surface area contributed by atoms with Gasteiger partial charge in [-0.05, 0) is 30.2 Å². The molecule has 1 aromatic heterocycles. The van der Waals surface area contributed by atoms with E-state index in [4.69, 9.17) is 11.6 Å². The van der Waals surface area contributed by atoms with Crippen LogP contribution in [0.25, 0.3) is 0 Å². The van der Waals surface area contributed by atoms with E-state index in [0.29, 0.717) is 6.54 Å². The molecule has 0 aliphatic heterocycles. The minimum atomic E-state index is -0.320. The van der Waals surface area contributed by atoms with Crippen molar-refractivity contribution in [1.29, 1.82) is 0 Å². The number of pyridine rings is 1. The second kappa shape index (κ2) is 5.94. The van der Waals surface area contributed by atoms with Crippen molar-refractivity contribution in [3.63, 3.8) is 0 Å². The van der Waals surface area contributed by atoms with Crippen molar-refractivity contribution in [2.24, 2.45) is 0 Å². The van der Waals surface area contributed by atoms with Crippen LogP contribution in [0, 0.1) is 5.82 Å². The molecule has 0 unspecified atom stereocenters. The van der Waals surface area contributed by atoms with Crippen molar-refractivity contribution in [1.82, 2.24) is 10.3 Å². The largest absolute Gasteiger partial charge is 0.306 e. The Morgan fingerprint density at radius 2 is 2.11 bits per heavy atom. The van der Waals surface area contributed by atoms with Crippen LogP contribution in [0.3, 0.4) is 0 Å². The normalized spacial score (nSPS) is 12.4. The van der Waals surface area contributed by atoms with Gasteiger partial charge in [-0.25, -0.2) is 4.39 Å². The molecule has 1 aromatic carbocycles. The van der Waals surface area contributed by atoms with Gasteiger partial charge in [0.25, 0.3) is 0 Å². The van der Waals surface area contributed by atoms with E-state index >= 15 is 0 Å². The monoisotopic (exact) mass is 264 g/mol. The van der Waals surface area contributed by atoms with Crippen molar-refractivity contribution in [3.05, 3.63) is 64.7 Å². The number of benzene rings is 1. The second-order valence-electron chi connectivity index (χ2n) is 4.14. The first-order valence-electron chi connectivity index (χ1n) is 5.74. The van der Waals surface area contributed by atoms with Crippen LogP contribution in [0.4, 0.5) is 4.39 Å². The third-order valence-electron chi connectivity index (χ3n) is 2.75. The molecule has 0 fully saturated rings. The van der Waals surface area contributed by atoms with Gasteiger partial charge in [-0.1, -0.05) is 29.8 Å². The predicted octanol–water partition coefficient (Wildman–Crippen LogP) is 3.72. The fourth-order valence-corrected chi connectivity index (χ4v) is 2.06. The molecule has 94 valence electrons. The van der Waals surface area contributed by atoms with Gasteiger partial charge in [0.2, 0.25) is 0 Å². The van der Waals surface area contributed by atoms with E-state index < -0.39 is 0 Å². The molecule has 1 atom stereocenters. The van der Waals surface area contributed by atoms with Gasteiger partial charge < -0.3 is 5.32 Å². The summed E-state index contributed by atoms with van der Waals surface area (Å²) in [6.45, 7) is 2.57. The fraction of sp³-hybridized carbons (Fsp3) is 0.214. The number of hydrogen-bond acceptors (Lipinski definition) is 2. The summed E-state index contributed by atoms with van der Waals surface area (Å²) >= 11 is 6.11. The topological polar surface area (TPSA) is 24.9 Å². The molecular weight excluding hydrogens is 251 g/mol. The Labute approximate surface area is 111 Å². The number of nitrogens with one attached hydrogen (secondary N) is 1. The van der Waals surface area contributed by atoms with E-state index in [9.17, 15) is 4.39 Å². The third-order valence-corrected chi connectivity index (χ3v) is 3.09. The first-order valence-corrected chi connectivity index (χ1v) is 6.12. The Morgan fingerprint density at radius 1 is 1.33 bits per heavy atom. The van der Waals surface area contributed by atoms with Gasteiger partial charge >= 0.3 is 0 Å². The van der Waals surface area contributed by atoms with Crippen molar-refractivity contribution >= 4 is 11.6 Å². The third kappa shape index (κ3) is 3.28. The lowest BCUT2D eigenvalue weighted by molar-refractivity contribution is 0.567. The SMILES string of the molecule is C[C@H](NCc1cncc(F)c1)c1ccccc1Cl. The zero-order valence-electron chi connectivity index (χ0n) is 10.0. The molecular formula is C14H14ClFN2. The molecule has 2 rings (SSSR count). The summed E-state index contributed by atoms with van der Waals surface area (Å²) in [6.07, 6.45) is 2.84. The van der Waals surface area contributed by atoms with Gasteiger partial charge in [0.15, 0.2) is 0 Å². The molecule has 0 bridgehead atoms. The summed E-state index contributed by atoms with van der Waals surface area (Å²) in [5, 5.41) is 4.02. The smallest absolute Gasteiger partial charge is 0.141 e. The van der Waals surface area contributed by atoms with Gasteiger partial charge in [0.05, 0.1) is 6.20 Å². The summed E-state index contributed by atoms with van der Waals surface area (Å²) in [4.78, 5) is 3.81. The van der Waals surface area contributed by atoms with Gasteiger partial charge in [-0.3, -0.25) is 4.98 Å². The van der Waals surface area contributed by atoms with Crippen LogP contribution in [0.15, 0.2) is 42.7 Å². The minimum absolute atomic E-state index is 0.0990. The Bertz CT molecular complexity index is 531. The van der Waals surface area contributed by atoms with Crippen molar-refractivity contribution in [3.8, 4) is 0 Å². The molecule has 0 aliphatic carbocycles. The molecule has 0 spiro atoms. The summed E-state index contributed by atoms with van der Waals surface area (Å²) in [7, 11) is 0. The molecule has 1 heterocycles. The summed E-state index contributed by atoms with van der Waals surface area (Å²) in [6, 6.07) is 9.25. The van der Waals surface area contributed by atoms with E-state index in [0.717, 1.165) is 16.1 Å². The summed E-state index contributed by atoms with van der Waals surface area (Å²) in [5.74, 6) is -0.320. The number of aromatic nitrogens is 1. The highest BCUT2D eigenvalue weighted by molar-refractivity contribution is 6.31. The number of hydrogen-bond donors (Lipinski definition) is 1. The van der Waals surface area contributed by atoms with Crippen molar-refractivity contribution in [2.45, 2.75) is 19.5 Å². The van der Waals surface area contributed by atoms with Crippen LogP contribution in [0.2, 0.25) is 5.02 Å². The van der Waals surface area contributed by atoms with Crippen LogP contribution in [0.1, 0.15) is 24.1 Å². The molecule has 0 radical (unpaired) electrons. The standard InChI is InChI=1S/C14H14ClFN2/c1-10(13-4-2-3-5-14(13)15)18-8-11-6-12(16)9-17-7-11/h2-7,9-10,18H,8H2,1H3/t10-/m0/s1. The zero-order chi connectivity index (χ0) is 13.0. The second-order valence-corrected chi connectivity index (χ2v) is 4.54. The molecule has 2 aromatic rings. The minimum Gasteiger partial charge on any atom is -0.306 e. The van der Waals surface area contributed by atoms with Crippen LogP contribution in [-0.2, 0) is 6.54 Å². The molecule has 4 heteroatoms. The molecule has 2 nitrogen and oxygen atoms in total. The van der Waals surface area contributed by atoms with Crippen LogP contribution < -0.4 is 5.32 Å². The first-order chi connectivity index (χ1) is 8.66. The summed E-state index contributed by atoms with van der Waals surface area (Å²) < 4.78 is 13.0. The maximum atomic E-state index is 13.0. The molecule has 18 heavy (non-hydrogen) atoms. The lowest BCUT2D eigenvalue weighted by atomic mass is 10.1. The van der Waals surface area contributed by atoms with E-state index in [1.807, 2.05) is 31.2 Å². The van der Waals surface area contributed by atoms with E-state index in [-0.39, 0.29) is 11.9 Å². The molecule has 1 N–H and O–H groups in total. The van der Waals surface area contributed by atoms with E-state index in [1.165, 1.54) is 12.3 Å². The van der Waals surface area contributed by atoms with E-state index in [2.05, 4.69) is 10.3 Å². The Balaban J connectivity index is 2.00. The molecule has 0 saturated heterocycles. The molecule has 0 amide bonds. The Hall–Kier alpha value is -1.45. The van der Waals surface area contributed by atoms with Crippen LogP contribution in [0.5, 0.6) is 0 Å². The van der Waals surface area contributed by atoms with Gasteiger partial charge in [0.1, 0.15) is 5.82 Å². The van der Waals surface area contributed by atoms with Gasteiger partial charge in [0, 0.05) is 23.8 Å². The van der Waals surface area contributed by atoms with E-state index in [1.54, 1.807) is 6.20 Å². The number of nitrogens with zero attached hydrogens (tertiary/aromatic N) is 1. The quantitative estimate of drug-likeness (QED) is 0.910. The maximum absolute atomic E-state index is 13.0. The fourth-order valence-electron chi connectivity index (χ4n) is 1.76. The maximum Gasteiger partial charge on any atom is 0.141 e.